The molecular formula is C9H15BrO4. The average Bonchev–Trinajstić information content (AvgIpc) is 2.57. The number of hydrogen-bond donors (Lipinski definition) is 0. The van der Waals surface area contributed by atoms with Gasteiger partial charge in [-0.3, -0.25) is 0 Å². The Morgan fingerprint density at radius 1 is 1.29 bits per heavy atom. The molecule has 0 amide bonds. The van der Waals surface area contributed by atoms with E-state index in [2.05, 4.69) is 15.9 Å². The summed E-state index contributed by atoms with van der Waals surface area (Å²) in [5.74, 6) is -0.531. The Labute approximate surface area is 92.0 Å². The lowest BCUT2D eigenvalue weighted by Gasteiger charge is -2.22. The fourth-order valence-electron chi connectivity index (χ4n) is 1.96. The molecule has 0 bridgehead atoms. The highest BCUT2D eigenvalue weighted by molar-refractivity contribution is 9.09. The highest BCUT2D eigenvalue weighted by Gasteiger charge is 2.55. The molecule has 0 saturated carbocycles. The molecule has 0 radical (unpaired) electrons. The molecule has 1 unspecified atom stereocenters. The van der Waals surface area contributed by atoms with Crippen LogP contribution in [-0.2, 0) is 18.9 Å². The molecular weight excluding hydrogens is 252 g/mol. The summed E-state index contributed by atoms with van der Waals surface area (Å²) < 4.78 is 22.3. The fourth-order valence-corrected chi connectivity index (χ4v) is 2.48. The van der Waals surface area contributed by atoms with Gasteiger partial charge in [0.1, 0.15) is 12.2 Å². The number of ether oxygens (including phenoxy) is 4. The van der Waals surface area contributed by atoms with Gasteiger partial charge in [-0.2, -0.15) is 0 Å². The predicted octanol–water partition coefficient (Wildman–Crippen LogP) is 1.27. The second-order valence-electron chi connectivity index (χ2n) is 4.00. The minimum Gasteiger partial charge on any atom is -0.353 e. The number of methoxy groups -OCH3 is 1. The molecule has 82 valence electrons. The number of fused-ring (bicyclic) bond motifs is 1. The summed E-state index contributed by atoms with van der Waals surface area (Å²) in [6.45, 7) is 3.81. The lowest BCUT2D eigenvalue weighted by Crippen LogP contribution is -2.30. The summed E-state index contributed by atoms with van der Waals surface area (Å²) >= 11 is 3.39. The van der Waals surface area contributed by atoms with Gasteiger partial charge in [0.25, 0.3) is 0 Å². The second-order valence-corrected chi connectivity index (χ2v) is 4.65. The van der Waals surface area contributed by atoms with Gasteiger partial charge in [0.15, 0.2) is 12.1 Å². The van der Waals surface area contributed by atoms with Crippen LogP contribution in [0.1, 0.15) is 13.8 Å². The molecule has 0 aliphatic carbocycles. The number of rotatable bonds is 2. The van der Waals surface area contributed by atoms with E-state index in [-0.39, 0.29) is 24.6 Å². The zero-order valence-electron chi connectivity index (χ0n) is 8.53. The van der Waals surface area contributed by atoms with Crippen LogP contribution in [0.4, 0.5) is 0 Å². The second kappa shape index (κ2) is 3.72. The van der Waals surface area contributed by atoms with Gasteiger partial charge < -0.3 is 18.9 Å². The molecule has 0 spiro atoms. The predicted molar refractivity (Wildman–Crippen MR) is 53.3 cm³/mol. The molecule has 2 fully saturated rings. The standard InChI is InChI=1S/C9H15BrO4/c1-9(2)13-6-5(4-10)12-8(11-3)7(6)14-9/h5-8H,4H2,1-3H3/t5-,6-,7-,8?/m1/s1. The SMILES string of the molecule is COC1O[C@H](CBr)[C@H]2OC(C)(C)O[C@@H]12. The quantitative estimate of drug-likeness (QED) is 0.706. The Hall–Kier alpha value is 0.320. The molecule has 14 heavy (non-hydrogen) atoms. The first-order chi connectivity index (χ1) is 6.57. The van der Waals surface area contributed by atoms with Crippen LogP contribution in [0, 0.1) is 0 Å². The van der Waals surface area contributed by atoms with Crippen LogP contribution in [0.5, 0.6) is 0 Å². The molecule has 2 rings (SSSR count). The first kappa shape index (κ1) is 10.8. The maximum atomic E-state index is 5.75. The normalized spacial score (nSPS) is 45.4. The molecule has 2 aliphatic rings. The molecule has 2 saturated heterocycles. The molecule has 2 aliphatic heterocycles. The summed E-state index contributed by atoms with van der Waals surface area (Å²) in [4.78, 5) is 0. The highest BCUT2D eigenvalue weighted by atomic mass is 79.9. The van der Waals surface area contributed by atoms with Crippen molar-refractivity contribution in [2.24, 2.45) is 0 Å². The highest BCUT2D eigenvalue weighted by Crippen LogP contribution is 2.39. The summed E-state index contributed by atoms with van der Waals surface area (Å²) in [7, 11) is 1.62. The third-order valence-electron chi connectivity index (χ3n) is 2.49. The first-order valence-electron chi connectivity index (χ1n) is 4.67. The number of hydrogen-bond acceptors (Lipinski definition) is 4. The van der Waals surface area contributed by atoms with Crippen molar-refractivity contribution in [2.75, 3.05) is 12.4 Å². The molecule has 4 atom stereocenters. The van der Waals surface area contributed by atoms with Crippen LogP contribution < -0.4 is 0 Å². The minimum atomic E-state index is -0.531. The van der Waals surface area contributed by atoms with Crippen molar-refractivity contribution in [1.29, 1.82) is 0 Å². The van der Waals surface area contributed by atoms with Gasteiger partial charge in [0, 0.05) is 12.4 Å². The summed E-state index contributed by atoms with van der Waals surface area (Å²) in [5.41, 5.74) is 0. The Morgan fingerprint density at radius 3 is 2.50 bits per heavy atom. The van der Waals surface area contributed by atoms with E-state index in [1.54, 1.807) is 7.11 Å². The molecule has 0 aromatic heterocycles. The first-order valence-corrected chi connectivity index (χ1v) is 5.79. The van der Waals surface area contributed by atoms with E-state index in [1.165, 1.54) is 0 Å². The lowest BCUT2D eigenvalue weighted by atomic mass is 10.2. The van der Waals surface area contributed by atoms with Crippen molar-refractivity contribution in [1.82, 2.24) is 0 Å². The Morgan fingerprint density at radius 2 is 1.93 bits per heavy atom. The fraction of sp³-hybridized carbons (Fsp3) is 1.00. The van der Waals surface area contributed by atoms with E-state index in [9.17, 15) is 0 Å². The van der Waals surface area contributed by atoms with Crippen molar-refractivity contribution in [3.63, 3.8) is 0 Å². The minimum absolute atomic E-state index is 0.00623. The third kappa shape index (κ3) is 1.72. The summed E-state index contributed by atoms with van der Waals surface area (Å²) in [5, 5.41) is 0.730. The van der Waals surface area contributed by atoms with Crippen LogP contribution in [0.2, 0.25) is 0 Å². The largest absolute Gasteiger partial charge is 0.353 e. The molecule has 5 heteroatoms. The van der Waals surface area contributed by atoms with Gasteiger partial charge in [0.05, 0.1) is 6.10 Å². The zero-order valence-corrected chi connectivity index (χ0v) is 10.1. The molecule has 0 aromatic carbocycles. The maximum absolute atomic E-state index is 5.75. The average molecular weight is 267 g/mol. The topological polar surface area (TPSA) is 36.9 Å². The van der Waals surface area contributed by atoms with Crippen molar-refractivity contribution in [2.45, 2.75) is 44.2 Å². The van der Waals surface area contributed by atoms with E-state index in [1.807, 2.05) is 13.8 Å². The van der Waals surface area contributed by atoms with Gasteiger partial charge in [0.2, 0.25) is 0 Å². The van der Waals surface area contributed by atoms with Crippen molar-refractivity contribution >= 4 is 15.9 Å². The van der Waals surface area contributed by atoms with Gasteiger partial charge in [-0.1, -0.05) is 15.9 Å². The zero-order chi connectivity index (χ0) is 10.3. The van der Waals surface area contributed by atoms with E-state index in [0.717, 1.165) is 5.33 Å². The van der Waals surface area contributed by atoms with Gasteiger partial charge in [-0.05, 0) is 13.8 Å². The monoisotopic (exact) mass is 266 g/mol. The van der Waals surface area contributed by atoms with Crippen molar-refractivity contribution in [3.05, 3.63) is 0 Å². The Balaban J connectivity index is 2.12. The van der Waals surface area contributed by atoms with Crippen LogP contribution in [0.15, 0.2) is 0 Å². The molecule has 0 aromatic rings. The van der Waals surface area contributed by atoms with E-state index in [0.29, 0.717) is 0 Å². The molecule has 2 heterocycles. The third-order valence-corrected chi connectivity index (χ3v) is 3.13. The van der Waals surface area contributed by atoms with Crippen LogP contribution in [0.25, 0.3) is 0 Å². The van der Waals surface area contributed by atoms with Crippen molar-refractivity contribution in [3.8, 4) is 0 Å². The van der Waals surface area contributed by atoms with Crippen LogP contribution in [0.3, 0.4) is 0 Å². The van der Waals surface area contributed by atoms with Gasteiger partial charge >= 0.3 is 0 Å². The van der Waals surface area contributed by atoms with Gasteiger partial charge in [-0.15, -0.1) is 0 Å². The Kier molecular flexibility index (Phi) is 2.87. The van der Waals surface area contributed by atoms with Crippen LogP contribution >= 0.6 is 15.9 Å². The van der Waals surface area contributed by atoms with E-state index < -0.39 is 5.79 Å². The smallest absolute Gasteiger partial charge is 0.186 e. The van der Waals surface area contributed by atoms with Crippen LogP contribution in [-0.4, -0.2) is 42.8 Å². The molecule has 4 nitrogen and oxygen atoms in total. The Bertz CT molecular complexity index is 201. The van der Waals surface area contributed by atoms with Gasteiger partial charge in [-0.25, -0.2) is 0 Å². The van der Waals surface area contributed by atoms with E-state index >= 15 is 0 Å². The molecule has 0 N–H and O–H groups in total. The van der Waals surface area contributed by atoms with Crippen molar-refractivity contribution < 1.29 is 18.9 Å². The summed E-state index contributed by atoms with van der Waals surface area (Å²) in [6, 6.07) is 0. The lowest BCUT2D eigenvalue weighted by molar-refractivity contribution is -0.224. The number of halogens is 1. The van der Waals surface area contributed by atoms with E-state index in [4.69, 9.17) is 18.9 Å². The maximum Gasteiger partial charge on any atom is 0.186 e. The number of alkyl halides is 1. The summed E-state index contributed by atoms with van der Waals surface area (Å²) in [6.07, 6.45) is -0.456.